The molecule has 0 aromatic heterocycles. The predicted molar refractivity (Wildman–Crippen MR) is 73.8 cm³/mol. The third kappa shape index (κ3) is 5.03. The SMILES string of the molecule is C[C@H](NC(=O)[C@@H](N)Cc1ccccc1)C(O)P(=O)(O)O. The van der Waals surface area contributed by atoms with Crippen LogP contribution >= 0.6 is 7.60 Å². The summed E-state index contributed by atoms with van der Waals surface area (Å²) in [6, 6.07) is 7.17. The molecule has 1 aromatic rings. The Balaban J connectivity index is 2.56. The molecule has 8 heteroatoms. The summed E-state index contributed by atoms with van der Waals surface area (Å²) in [5, 5.41) is 11.7. The Hall–Kier alpha value is -1.24. The van der Waals surface area contributed by atoms with E-state index < -0.39 is 31.4 Å². The van der Waals surface area contributed by atoms with Gasteiger partial charge in [-0.3, -0.25) is 9.36 Å². The monoisotopic (exact) mass is 302 g/mol. The van der Waals surface area contributed by atoms with Crippen molar-refractivity contribution in [1.82, 2.24) is 5.32 Å². The number of hydrogen-bond acceptors (Lipinski definition) is 4. The Morgan fingerprint density at radius 3 is 2.40 bits per heavy atom. The molecule has 0 aliphatic heterocycles. The van der Waals surface area contributed by atoms with Gasteiger partial charge in [0.05, 0.1) is 12.1 Å². The molecule has 3 atom stereocenters. The molecule has 0 fully saturated rings. The fraction of sp³-hybridized carbons (Fsp3) is 0.417. The van der Waals surface area contributed by atoms with Gasteiger partial charge in [0.1, 0.15) is 0 Å². The Morgan fingerprint density at radius 2 is 1.90 bits per heavy atom. The van der Waals surface area contributed by atoms with Crippen LogP contribution in [-0.2, 0) is 15.8 Å². The molecule has 1 aromatic carbocycles. The van der Waals surface area contributed by atoms with Crippen molar-refractivity contribution in [1.29, 1.82) is 0 Å². The average Bonchev–Trinajstić information content (AvgIpc) is 2.37. The highest BCUT2D eigenvalue weighted by Crippen LogP contribution is 2.41. The summed E-state index contributed by atoms with van der Waals surface area (Å²) in [5.41, 5.74) is 6.59. The van der Waals surface area contributed by atoms with Gasteiger partial charge in [-0.1, -0.05) is 30.3 Å². The van der Waals surface area contributed by atoms with Crippen LogP contribution in [0.1, 0.15) is 12.5 Å². The van der Waals surface area contributed by atoms with Crippen molar-refractivity contribution >= 4 is 13.5 Å². The van der Waals surface area contributed by atoms with E-state index in [1.54, 1.807) is 0 Å². The second-order valence-electron chi connectivity index (χ2n) is 4.60. The largest absolute Gasteiger partial charge is 0.379 e. The van der Waals surface area contributed by atoms with Crippen LogP contribution in [0, 0.1) is 0 Å². The number of rotatable bonds is 6. The van der Waals surface area contributed by atoms with Gasteiger partial charge in [-0.2, -0.15) is 0 Å². The minimum absolute atomic E-state index is 0.297. The average molecular weight is 302 g/mol. The van der Waals surface area contributed by atoms with E-state index in [2.05, 4.69) is 5.32 Å². The number of aliphatic hydroxyl groups is 1. The Labute approximate surface area is 117 Å². The summed E-state index contributed by atoms with van der Waals surface area (Å²) in [6.07, 6.45) is 0.297. The third-order valence-corrected chi connectivity index (χ3v) is 3.93. The lowest BCUT2D eigenvalue weighted by atomic mass is 10.1. The number of carbonyl (C=O) groups excluding carboxylic acids is 1. The van der Waals surface area contributed by atoms with Crippen LogP contribution < -0.4 is 11.1 Å². The fourth-order valence-electron chi connectivity index (χ4n) is 1.66. The smallest absolute Gasteiger partial charge is 0.355 e. The second kappa shape index (κ2) is 6.97. The first-order valence-electron chi connectivity index (χ1n) is 6.05. The van der Waals surface area contributed by atoms with E-state index in [0.717, 1.165) is 5.56 Å². The van der Waals surface area contributed by atoms with E-state index in [9.17, 15) is 14.5 Å². The summed E-state index contributed by atoms with van der Waals surface area (Å²) in [6.45, 7) is 1.30. The molecule has 0 aliphatic carbocycles. The molecule has 1 rings (SSSR count). The first-order valence-corrected chi connectivity index (χ1v) is 7.73. The molecule has 0 saturated carbocycles. The van der Waals surface area contributed by atoms with Gasteiger partial charge in [-0.05, 0) is 18.9 Å². The topological polar surface area (TPSA) is 133 Å². The molecule has 0 spiro atoms. The second-order valence-corrected chi connectivity index (χ2v) is 6.30. The standard InChI is InChI=1S/C12H19N2O5P/c1-8(12(16)20(17,18)19)14-11(15)10(13)7-9-5-3-2-4-6-9/h2-6,8,10,12,16H,7,13H2,1H3,(H,14,15)(H2,17,18,19)/t8-,10-,12?/m0/s1. The molecule has 0 radical (unpaired) electrons. The lowest BCUT2D eigenvalue weighted by Gasteiger charge is -2.22. The van der Waals surface area contributed by atoms with Gasteiger partial charge in [-0.25, -0.2) is 0 Å². The zero-order valence-electron chi connectivity index (χ0n) is 11.0. The molecule has 0 saturated heterocycles. The first-order chi connectivity index (χ1) is 9.21. The van der Waals surface area contributed by atoms with Crippen molar-refractivity contribution in [3.8, 4) is 0 Å². The lowest BCUT2D eigenvalue weighted by molar-refractivity contribution is -0.123. The van der Waals surface area contributed by atoms with Gasteiger partial charge in [0.2, 0.25) is 5.91 Å². The number of carbonyl (C=O) groups is 1. The van der Waals surface area contributed by atoms with Crippen molar-refractivity contribution in [3.05, 3.63) is 35.9 Å². The molecule has 6 N–H and O–H groups in total. The predicted octanol–water partition coefficient (Wildman–Crippen LogP) is -0.443. The fourth-order valence-corrected chi connectivity index (χ4v) is 2.32. The number of nitrogens with one attached hydrogen (secondary N) is 1. The first kappa shape index (κ1) is 16.8. The van der Waals surface area contributed by atoms with E-state index in [1.165, 1.54) is 6.92 Å². The zero-order valence-corrected chi connectivity index (χ0v) is 11.9. The lowest BCUT2D eigenvalue weighted by Crippen LogP contribution is -2.49. The normalized spacial score (nSPS) is 16.2. The summed E-state index contributed by atoms with van der Waals surface area (Å²) < 4.78 is 10.9. The highest BCUT2D eigenvalue weighted by atomic mass is 31.2. The van der Waals surface area contributed by atoms with Crippen LogP contribution in [0.5, 0.6) is 0 Å². The van der Waals surface area contributed by atoms with E-state index in [0.29, 0.717) is 6.42 Å². The highest BCUT2D eigenvalue weighted by molar-refractivity contribution is 7.52. The van der Waals surface area contributed by atoms with E-state index in [-0.39, 0.29) is 0 Å². The van der Waals surface area contributed by atoms with Crippen LogP contribution in [-0.4, -0.2) is 38.7 Å². The van der Waals surface area contributed by atoms with Gasteiger partial charge < -0.3 is 25.9 Å². The molecule has 112 valence electrons. The van der Waals surface area contributed by atoms with Crippen molar-refractivity contribution < 1.29 is 24.3 Å². The van der Waals surface area contributed by atoms with Gasteiger partial charge >= 0.3 is 7.60 Å². The summed E-state index contributed by atoms with van der Waals surface area (Å²) in [7, 11) is -4.67. The van der Waals surface area contributed by atoms with Crippen molar-refractivity contribution in [2.75, 3.05) is 0 Å². The van der Waals surface area contributed by atoms with Crippen molar-refractivity contribution in [2.45, 2.75) is 31.3 Å². The zero-order chi connectivity index (χ0) is 15.3. The summed E-state index contributed by atoms with van der Waals surface area (Å²) in [4.78, 5) is 29.4. The minimum Gasteiger partial charge on any atom is -0.379 e. The van der Waals surface area contributed by atoms with E-state index in [1.807, 2.05) is 30.3 Å². The van der Waals surface area contributed by atoms with Crippen LogP contribution in [0.25, 0.3) is 0 Å². The van der Waals surface area contributed by atoms with Crippen LogP contribution in [0.2, 0.25) is 0 Å². The van der Waals surface area contributed by atoms with Gasteiger partial charge in [0.15, 0.2) is 5.85 Å². The maximum Gasteiger partial charge on any atom is 0.355 e. The number of nitrogens with two attached hydrogens (primary N) is 1. The number of amides is 1. The third-order valence-electron chi connectivity index (χ3n) is 2.80. The van der Waals surface area contributed by atoms with Crippen molar-refractivity contribution in [2.24, 2.45) is 5.73 Å². The highest BCUT2D eigenvalue weighted by Gasteiger charge is 2.33. The quantitative estimate of drug-likeness (QED) is 0.452. The van der Waals surface area contributed by atoms with Crippen LogP contribution in [0.15, 0.2) is 30.3 Å². The van der Waals surface area contributed by atoms with Crippen LogP contribution in [0.4, 0.5) is 0 Å². The Kier molecular flexibility index (Phi) is 5.86. The Morgan fingerprint density at radius 1 is 1.35 bits per heavy atom. The van der Waals surface area contributed by atoms with E-state index in [4.69, 9.17) is 15.5 Å². The summed E-state index contributed by atoms with van der Waals surface area (Å²) >= 11 is 0. The molecular formula is C12H19N2O5P. The maximum atomic E-state index is 11.8. The molecule has 1 amide bonds. The molecular weight excluding hydrogens is 283 g/mol. The van der Waals surface area contributed by atoms with Crippen LogP contribution in [0.3, 0.4) is 0 Å². The number of benzene rings is 1. The van der Waals surface area contributed by atoms with E-state index >= 15 is 0 Å². The van der Waals surface area contributed by atoms with Gasteiger partial charge in [0, 0.05) is 0 Å². The molecule has 0 heterocycles. The number of aliphatic hydroxyl groups excluding tert-OH is 1. The van der Waals surface area contributed by atoms with Crippen molar-refractivity contribution in [3.63, 3.8) is 0 Å². The van der Waals surface area contributed by atoms with Gasteiger partial charge in [0.25, 0.3) is 0 Å². The maximum absolute atomic E-state index is 11.8. The summed E-state index contributed by atoms with van der Waals surface area (Å²) in [5.74, 6) is -2.52. The molecule has 7 nitrogen and oxygen atoms in total. The van der Waals surface area contributed by atoms with Gasteiger partial charge in [-0.15, -0.1) is 0 Å². The molecule has 0 aliphatic rings. The molecule has 1 unspecified atom stereocenters. The Bertz CT molecular complexity index is 490. The molecule has 20 heavy (non-hydrogen) atoms. The minimum atomic E-state index is -4.67. The number of hydrogen-bond donors (Lipinski definition) is 5. The molecule has 0 bridgehead atoms.